The van der Waals surface area contributed by atoms with Gasteiger partial charge in [-0.05, 0) is 92.1 Å². The lowest BCUT2D eigenvalue weighted by molar-refractivity contribution is -0.164. The molecule has 5 rings (SSSR count). The van der Waals surface area contributed by atoms with Crippen LogP contribution in [0.25, 0.3) is 0 Å². The van der Waals surface area contributed by atoms with E-state index in [2.05, 4.69) is 55.6 Å². The molecule has 3 aromatic rings. The summed E-state index contributed by atoms with van der Waals surface area (Å²) in [4.78, 5) is 55.2. The summed E-state index contributed by atoms with van der Waals surface area (Å²) in [6.45, 7) is 16.7. The van der Waals surface area contributed by atoms with E-state index in [1.807, 2.05) is 52.0 Å². The SMILES string of the molecule is C#Cc1ccc([C@H](C)NC(=O)[C@@H]2CCCN2C(=O)[C@@H](NC(=O)COCCCCOc2ccc(C(=O)N[C@H]3C(C)(C)[C@H](Oc4ccc(C#N)c(Cl)c4)C3(C)C)cc2)C(C)(C)C)cc1. The average molecular weight is 866 g/mol. The monoisotopic (exact) mass is 865 g/mol. The van der Waals surface area contributed by atoms with Crippen molar-refractivity contribution in [3.8, 4) is 29.9 Å². The molecule has 4 amide bonds. The molecule has 2 aliphatic rings. The summed E-state index contributed by atoms with van der Waals surface area (Å²) in [6.07, 6.45) is 7.79. The van der Waals surface area contributed by atoms with Gasteiger partial charge in [-0.15, -0.1) is 6.42 Å². The fraction of sp³-hybridized carbons (Fsp3) is 0.490. The summed E-state index contributed by atoms with van der Waals surface area (Å²) in [5, 5.41) is 18.6. The number of nitrogens with zero attached hydrogens (tertiary/aromatic N) is 2. The van der Waals surface area contributed by atoms with Gasteiger partial charge in [-0.3, -0.25) is 19.2 Å². The van der Waals surface area contributed by atoms with Crippen LogP contribution in [0.3, 0.4) is 0 Å². The highest BCUT2D eigenvalue weighted by molar-refractivity contribution is 6.31. The van der Waals surface area contributed by atoms with E-state index in [9.17, 15) is 24.4 Å². The maximum atomic E-state index is 13.9. The lowest BCUT2D eigenvalue weighted by Gasteiger charge is -2.63. The van der Waals surface area contributed by atoms with Crippen LogP contribution < -0.4 is 25.4 Å². The Morgan fingerprint density at radius 1 is 0.935 bits per heavy atom. The van der Waals surface area contributed by atoms with E-state index in [-0.39, 0.29) is 53.3 Å². The van der Waals surface area contributed by atoms with Crippen molar-refractivity contribution in [1.29, 1.82) is 5.26 Å². The van der Waals surface area contributed by atoms with E-state index >= 15 is 0 Å². The fourth-order valence-electron chi connectivity index (χ4n) is 8.75. The summed E-state index contributed by atoms with van der Waals surface area (Å²) in [7, 11) is 0. The number of amides is 4. The number of benzene rings is 3. The van der Waals surface area contributed by atoms with Crippen molar-refractivity contribution >= 4 is 35.2 Å². The van der Waals surface area contributed by atoms with Gasteiger partial charge in [0, 0.05) is 47.2 Å². The predicted molar refractivity (Wildman–Crippen MR) is 238 cm³/mol. The van der Waals surface area contributed by atoms with E-state index in [1.54, 1.807) is 47.4 Å². The number of halogens is 1. The second-order valence-corrected chi connectivity index (χ2v) is 18.9. The Morgan fingerprint density at radius 3 is 2.19 bits per heavy atom. The van der Waals surface area contributed by atoms with Crippen LogP contribution in [-0.4, -0.2) is 79.1 Å². The van der Waals surface area contributed by atoms with Crippen LogP contribution in [0, 0.1) is 39.9 Å². The van der Waals surface area contributed by atoms with Gasteiger partial charge in [0.05, 0.1) is 23.2 Å². The number of carbonyl (C=O) groups excluding carboxylic acids is 4. The van der Waals surface area contributed by atoms with Crippen LogP contribution in [0.1, 0.15) is 114 Å². The molecule has 3 atom stereocenters. The van der Waals surface area contributed by atoms with Gasteiger partial charge in [0.25, 0.3) is 5.91 Å². The van der Waals surface area contributed by atoms with E-state index in [0.29, 0.717) is 73.1 Å². The molecule has 1 aliphatic carbocycles. The summed E-state index contributed by atoms with van der Waals surface area (Å²) >= 11 is 6.23. The molecular formula is C49H60ClN5O7. The van der Waals surface area contributed by atoms with Crippen LogP contribution in [0.5, 0.6) is 11.5 Å². The Morgan fingerprint density at radius 2 is 1.58 bits per heavy atom. The lowest BCUT2D eigenvalue weighted by Crippen LogP contribution is -2.74. The molecule has 3 aromatic carbocycles. The first-order valence-electron chi connectivity index (χ1n) is 21.2. The topological polar surface area (TPSA) is 159 Å². The fourth-order valence-corrected chi connectivity index (χ4v) is 8.97. The molecule has 0 unspecified atom stereocenters. The summed E-state index contributed by atoms with van der Waals surface area (Å²) in [5.41, 5.74) is 1.16. The predicted octanol–water partition coefficient (Wildman–Crippen LogP) is 7.38. The molecular weight excluding hydrogens is 806 g/mol. The molecule has 13 heteroatoms. The van der Waals surface area contributed by atoms with Crippen molar-refractivity contribution in [2.45, 2.75) is 111 Å². The highest BCUT2D eigenvalue weighted by Crippen LogP contribution is 2.55. The molecule has 12 nitrogen and oxygen atoms in total. The number of nitriles is 1. The Hall–Kier alpha value is -5.56. The molecule has 1 saturated carbocycles. The quantitative estimate of drug-likeness (QED) is 0.0937. The molecule has 0 spiro atoms. The molecule has 0 aromatic heterocycles. The van der Waals surface area contributed by atoms with Gasteiger partial charge in [0.2, 0.25) is 17.7 Å². The number of likely N-dealkylation sites (tertiary alicyclic amines) is 1. The molecule has 0 radical (unpaired) electrons. The number of hydrogen-bond donors (Lipinski definition) is 3. The van der Waals surface area contributed by atoms with E-state index in [0.717, 1.165) is 11.1 Å². The second kappa shape index (κ2) is 20.1. The van der Waals surface area contributed by atoms with Gasteiger partial charge < -0.3 is 35.1 Å². The highest BCUT2D eigenvalue weighted by atomic mass is 35.5. The number of carbonyl (C=O) groups is 4. The van der Waals surface area contributed by atoms with Crippen LogP contribution in [0.4, 0.5) is 0 Å². The zero-order chi connectivity index (χ0) is 45.4. The minimum absolute atomic E-state index is 0.171. The number of ether oxygens (including phenoxy) is 3. The molecule has 2 fully saturated rings. The van der Waals surface area contributed by atoms with E-state index in [4.69, 9.17) is 32.2 Å². The number of unbranched alkanes of at least 4 members (excludes halogenated alkanes) is 1. The normalized spacial score (nSPS) is 19.7. The number of terminal acetylenes is 1. The van der Waals surface area contributed by atoms with E-state index < -0.39 is 23.4 Å². The Bertz CT molecular complexity index is 2150. The third-order valence-electron chi connectivity index (χ3n) is 11.9. The van der Waals surface area contributed by atoms with Crippen molar-refractivity contribution in [2.75, 3.05) is 26.4 Å². The maximum absolute atomic E-state index is 13.9. The van der Waals surface area contributed by atoms with E-state index in [1.165, 1.54) is 0 Å². The Balaban J connectivity index is 1.01. The van der Waals surface area contributed by atoms with Gasteiger partial charge in [-0.25, -0.2) is 0 Å². The minimum Gasteiger partial charge on any atom is -0.494 e. The van der Waals surface area contributed by atoms with Gasteiger partial charge in [0.1, 0.15) is 42.4 Å². The maximum Gasteiger partial charge on any atom is 0.251 e. The van der Waals surface area contributed by atoms with Gasteiger partial charge in [0.15, 0.2) is 0 Å². The van der Waals surface area contributed by atoms with Crippen molar-refractivity contribution < 1.29 is 33.4 Å². The standard InChI is InChI=1S/C49H60ClN5O7/c1-10-32-15-17-33(18-16-32)31(2)52-43(58)39-14-13-25-55(39)44(59)41(47(3,4)5)53-40(56)30-60-26-11-12-27-61-36-22-19-34(20-23-36)42(57)54-45-48(6,7)46(49(45,8)9)62-37-24-21-35(29-51)38(50)28-37/h1,15-24,28,31,39,41,45-46H,11-14,25-27,30H2,2-9H3,(H,52,58)(H,53,56)(H,54,57)/t31-,39-,41+,45-,46-/m0/s1. The molecule has 1 saturated heterocycles. The molecule has 330 valence electrons. The first-order chi connectivity index (χ1) is 29.3. The summed E-state index contributed by atoms with van der Waals surface area (Å²) < 4.78 is 17.9. The largest absolute Gasteiger partial charge is 0.494 e. The number of hydrogen-bond acceptors (Lipinski definition) is 8. The number of rotatable bonds is 17. The van der Waals surface area contributed by atoms with Crippen molar-refractivity contribution in [2.24, 2.45) is 16.2 Å². The van der Waals surface area contributed by atoms with Gasteiger partial charge in [-0.2, -0.15) is 5.26 Å². The minimum atomic E-state index is -0.850. The summed E-state index contributed by atoms with van der Waals surface area (Å²) in [5.74, 6) is 2.66. The Labute approximate surface area is 371 Å². The van der Waals surface area contributed by atoms with Crippen molar-refractivity contribution in [1.82, 2.24) is 20.9 Å². The van der Waals surface area contributed by atoms with Gasteiger partial charge >= 0.3 is 0 Å². The van der Waals surface area contributed by atoms with Gasteiger partial charge in [-0.1, -0.05) is 78.1 Å². The van der Waals surface area contributed by atoms with Crippen molar-refractivity contribution in [3.05, 3.63) is 94.0 Å². The zero-order valence-corrected chi connectivity index (χ0v) is 37.9. The van der Waals surface area contributed by atoms with Crippen LogP contribution in [-0.2, 0) is 19.1 Å². The van der Waals surface area contributed by atoms with Crippen LogP contribution in [0.15, 0.2) is 66.7 Å². The molecule has 1 aliphatic heterocycles. The van der Waals surface area contributed by atoms with Crippen LogP contribution >= 0.6 is 11.6 Å². The Kier molecular flexibility index (Phi) is 15.4. The molecule has 0 bridgehead atoms. The second-order valence-electron chi connectivity index (χ2n) is 18.5. The van der Waals surface area contributed by atoms with Crippen molar-refractivity contribution in [3.63, 3.8) is 0 Å². The third kappa shape index (κ3) is 11.3. The first kappa shape index (κ1) is 47.5. The molecule has 3 N–H and O–H groups in total. The lowest BCUT2D eigenvalue weighted by atomic mass is 9.49. The number of nitrogens with one attached hydrogen (secondary N) is 3. The third-order valence-corrected chi connectivity index (χ3v) is 12.2. The average Bonchev–Trinajstić information content (AvgIpc) is 3.73. The highest BCUT2D eigenvalue weighted by Gasteiger charge is 2.64. The zero-order valence-electron chi connectivity index (χ0n) is 37.1. The smallest absolute Gasteiger partial charge is 0.251 e. The first-order valence-corrected chi connectivity index (χ1v) is 21.6. The molecule has 62 heavy (non-hydrogen) atoms. The summed E-state index contributed by atoms with van der Waals surface area (Å²) in [6, 6.07) is 19.5. The molecule has 1 heterocycles. The van der Waals surface area contributed by atoms with Crippen LogP contribution in [0.2, 0.25) is 5.02 Å².